The number of rotatable bonds is 6. The van der Waals surface area contributed by atoms with Crippen molar-refractivity contribution >= 4 is 5.69 Å². The Morgan fingerprint density at radius 2 is 2.26 bits per heavy atom. The summed E-state index contributed by atoms with van der Waals surface area (Å²) in [7, 11) is 1.62. The number of methoxy groups -OCH3 is 1. The third kappa shape index (κ3) is 3.48. The average molecular weight is 262 g/mol. The maximum Gasteiger partial charge on any atom is 0.250 e. The molecule has 5 heteroatoms. The number of nitrogens with one attached hydrogen (secondary N) is 1. The van der Waals surface area contributed by atoms with Crippen LogP contribution in [0.3, 0.4) is 0 Å². The number of anilines is 1. The number of nitrogens with zero attached hydrogens (tertiary/aromatic N) is 1. The summed E-state index contributed by atoms with van der Waals surface area (Å²) in [6, 6.07) is 5.37. The predicted molar refractivity (Wildman–Crippen MR) is 73.3 cm³/mol. The Balaban J connectivity index is 2.10. The molecule has 5 nitrogen and oxygen atoms in total. The summed E-state index contributed by atoms with van der Waals surface area (Å²) in [5.41, 5.74) is 1.93. The predicted octanol–water partition coefficient (Wildman–Crippen LogP) is 2.26. The van der Waals surface area contributed by atoms with E-state index in [1.807, 2.05) is 13.0 Å². The van der Waals surface area contributed by atoms with Gasteiger partial charge in [0.25, 0.3) is 5.56 Å². The molecule has 0 radical (unpaired) electrons. The summed E-state index contributed by atoms with van der Waals surface area (Å²) < 4.78 is 11.7. The van der Waals surface area contributed by atoms with Gasteiger partial charge in [-0.2, -0.15) is 0 Å². The number of hydrogen-bond donors (Lipinski definition) is 1. The monoisotopic (exact) mass is 262 g/mol. The Kier molecular flexibility index (Phi) is 4.41. The third-order valence-corrected chi connectivity index (χ3v) is 2.95. The molecular formula is C14H18N2O3. The van der Waals surface area contributed by atoms with Gasteiger partial charge in [-0.3, -0.25) is 4.79 Å². The van der Waals surface area contributed by atoms with Crippen molar-refractivity contribution < 1.29 is 9.15 Å². The topological polar surface area (TPSA) is 56.4 Å². The second kappa shape index (κ2) is 6.24. The lowest BCUT2D eigenvalue weighted by Crippen LogP contribution is -2.21. The van der Waals surface area contributed by atoms with Gasteiger partial charge in [0, 0.05) is 31.5 Å². The smallest absolute Gasteiger partial charge is 0.250 e. The number of hydrogen-bond acceptors (Lipinski definition) is 4. The number of pyridine rings is 1. The van der Waals surface area contributed by atoms with Crippen LogP contribution in [0.5, 0.6) is 0 Å². The van der Waals surface area contributed by atoms with E-state index in [9.17, 15) is 4.79 Å². The van der Waals surface area contributed by atoms with Gasteiger partial charge in [0.1, 0.15) is 0 Å². The molecule has 0 fully saturated rings. The molecule has 2 rings (SSSR count). The van der Waals surface area contributed by atoms with Crippen LogP contribution in [-0.2, 0) is 11.3 Å². The first-order chi connectivity index (χ1) is 9.20. The Morgan fingerprint density at radius 1 is 1.42 bits per heavy atom. The Labute approximate surface area is 111 Å². The Morgan fingerprint density at radius 3 is 2.95 bits per heavy atom. The third-order valence-electron chi connectivity index (χ3n) is 2.95. The summed E-state index contributed by atoms with van der Waals surface area (Å²) in [5.74, 6) is 0. The van der Waals surface area contributed by atoms with Crippen LogP contribution in [0.1, 0.15) is 18.5 Å². The molecule has 0 saturated heterocycles. The van der Waals surface area contributed by atoms with Crippen LogP contribution < -0.4 is 10.9 Å². The second-order valence-corrected chi connectivity index (χ2v) is 4.36. The van der Waals surface area contributed by atoms with Crippen LogP contribution in [0.25, 0.3) is 0 Å². The van der Waals surface area contributed by atoms with Crippen molar-refractivity contribution in [1.29, 1.82) is 0 Å². The van der Waals surface area contributed by atoms with Gasteiger partial charge >= 0.3 is 0 Å². The maximum absolute atomic E-state index is 11.7. The highest BCUT2D eigenvalue weighted by Gasteiger charge is 2.07. The van der Waals surface area contributed by atoms with Crippen molar-refractivity contribution in [2.45, 2.75) is 19.5 Å². The maximum atomic E-state index is 11.7. The van der Waals surface area contributed by atoms with Crippen LogP contribution >= 0.6 is 0 Å². The SMILES string of the molecule is COCCn1cc(NC(C)c2ccoc2)ccc1=O. The van der Waals surface area contributed by atoms with Gasteiger partial charge in [-0.1, -0.05) is 0 Å². The molecule has 0 amide bonds. The summed E-state index contributed by atoms with van der Waals surface area (Å²) >= 11 is 0. The molecule has 2 heterocycles. The van der Waals surface area contributed by atoms with Gasteiger partial charge in [-0.05, 0) is 19.1 Å². The minimum Gasteiger partial charge on any atom is -0.472 e. The Hall–Kier alpha value is -2.01. The zero-order valence-corrected chi connectivity index (χ0v) is 11.1. The van der Waals surface area contributed by atoms with E-state index < -0.39 is 0 Å². The van der Waals surface area contributed by atoms with Crippen molar-refractivity contribution in [2.75, 3.05) is 19.0 Å². The number of furan rings is 1. The highest BCUT2D eigenvalue weighted by Crippen LogP contribution is 2.18. The fourth-order valence-corrected chi connectivity index (χ4v) is 1.84. The van der Waals surface area contributed by atoms with Gasteiger partial charge < -0.3 is 19.0 Å². The highest BCUT2D eigenvalue weighted by molar-refractivity contribution is 5.42. The van der Waals surface area contributed by atoms with Crippen LogP contribution in [-0.4, -0.2) is 18.3 Å². The van der Waals surface area contributed by atoms with Crippen LogP contribution in [0, 0.1) is 0 Å². The molecule has 0 aromatic carbocycles. The molecule has 1 N–H and O–H groups in total. The van der Waals surface area contributed by atoms with E-state index in [-0.39, 0.29) is 11.6 Å². The lowest BCUT2D eigenvalue weighted by atomic mass is 10.2. The summed E-state index contributed by atoms with van der Waals surface area (Å²) in [4.78, 5) is 11.7. The summed E-state index contributed by atoms with van der Waals surface area (Å²) in [6.45, 7) is 3.10. The molecule has 19 heavy (non-hydrogen) atoms. The van der Waals surface area contributed by atoms with Gasteiger partial charge in [-0.25, -0.2) is 0 Å². The largest absolute Gasteiger partial charge is 0.472 e. The quantitative estimate of drug-likeness (QED) is 0.867. The molecule has 0 aliphatic carbocycles. The van der Waals surface area contributed by atoms with Gasteiger partial charge in [-0.15, -0.1) is 0 Å². The molecule has 0 aliphatic heterocycles. The molecule has 102 valence electrons. The van der Waals surface area contributed by atoms with Crippen LogP contribution in [0.2, 0.25) is 0 Å². The number of aromatic nitrogens is 1. The van der Waals surface area contributed by atoms with E-state index in [1.54, 1.807) is 42.5 Å². The first-order valence-electron chi connectivity index (χ1n) is 6.19. The average Bonchev–Trinajstić information content (AvgIpc) is 2.93. The molecule has 2 aromatic heterocycles. The highest BCUT2D eigenvalue weighted by atomic mass is 16.5. The van der Waals surface area contributed by atoms with Gasteiger partial charge in [0.05, 0.1) is 30.9 Å². The van der Waals surface area contributed by atoms with E-state index in [0.717, 1.165) is 11.3 Å². The molecule has 1 unspecified atom stereocenters. The van der Waals surface area contributed by atoms with Crippen LogP contribution in [0.4, 0.5) is 5.69 Å². The van der Waals surface area contributed by atoms with E-state index in [4.69, 9.17) is 9.15 Å². The summed E-state index contributed by atoms with van der Waals surface area (Å²) in [6.07, 6.45) is 5.16. The van der Waals surface area contributed by atoms with E-state index in [1.165, 1.54) is 0 Å². The van der Waals surface area contributed by atoms with Gasteiger partial charge in [0.2, 0.25) is 0 Å². The fraction of sp³-hybridized carbons (Fsp3) is 0.357. The van der Waals surface area contributed by atoms with E-state index in [2.05, 4.69) is 5.32 Å². The van der Waals surface area contributed by atoms with Crippen molar-refractivity contribution in [3.8, 4) is 0 Å². The number of ether oxygens (including phenoxy) is 1. The second-order valence-electron chi connectivity index (χ2n) is 4.36. The molecule has 0 bridgehead atoms. The standard InChI is InChI=1S/C14H18N2O3/c1-11(12-5-7-19-10-12)15-13-3-4-14(17)16(9-13)6-8-18-2/h3-5,7,9-11,15H,6,8H2,1-2H3. The molecule has 1 atom stereocenters. The molecule has 0 spiro atoms. The van der Waals surface area contributed by atoms with E-state index >= 15 is 0 Å². The molecule has 0 aliphatic rings. The molecule has 2 aromatic rings. The molecular weight excluding hydrogens is 244 g/mol. The Bertz CT molecular complexity index is 560. The van der Waals surface area contributed by atoms with Crippen molar-refractivity contribution in [3.05, 3.63) is 52.8 Å². The minimum absolute atomic E-state index is 0.0291. The lowest BCUT2D eigenvalue weighted by molar-refractivity contribution is 0.186. The van der Waals surface area contributed by atoms with Crippen molar-refractivity contribution in [1.82, 2.24) is 4.57 Å². The summed E-state index contributed by atoms with van der Waals surface area (Å²) in [5, 5.41) is 3.33. The fourth-order valence-electron chi connectivity index (χ4n) is 1.84. The van der Waals surface area contributed by atoms with Gasteiger partial charge in [0.15, 0.2) is 0 Å². The first-order valence-corrected chi connectivity index (χ1v) is 6.19. The van der Waals surface area contributed by atoms with Crippen molar-refractivity contribution in [3.63, 3.8) is 0 Å². The zero-order valence-electron chi connectivity index (χ0n) is 11.1. The van der Waals surface area contributed by atoms with Crippen molar-refractivity contribution in [2.24, 2.45) is 0 Å². The first kappa shape index (κ1) is 13.4. The van der Waals surface area contributed by atoms with Crippen LogP contribution in [0.15, 0.2) is 46.1 Å². The minimum atomic E-state index is -0.0291. The lowest BCUT2D eigenvalue weighted by Gasteiger charge is -2.15. The normalized spacial score (nSPS) is 12.3. The molecule has 0 saturated carbocycles. The zero-order chi connectivity index (χ0) is 13.7. The van der Waals surface area contributed by atoms with E-state index in [0.29, 0.717) is 13.2 Å².